The molecule has 0 atom stereocenters. The van der Waals surface area contributed by atoms with E-state index in [0.717, 1.165) is 31.4 Å². The van der Waals surface area contributed by atoms with E-state index in [9.17, 15) is 0 Å². The summed E-state index contributed by atoms with van der Waals surface area (Å²) in [5.41, 5.74) is 2.12. The van der Waals surface area contributed by atoms with Crippen molar-refractivity contribution in [1.29, 1.82) is 5.26 Å². The molecule has 0 aromatic heterocycles. The van der Waals surface area contributed by atoms with E-state index in [0.29, 0.717) is 12.0 Å². The Morgan fingerprint density at radius 1 is 1.14 bits per heavy atom. The molecule has 2 nitrogen and oxygen atoms in total. The SMILES string of the molecule is CCCC=CCOC1CCC(c2ccc(C#N)cc2)CC1. The number of hydrogen-bond donors (Lipinski definition) is 0. The molecule has 2 rings (SSSR count). The van der Waals surface area contributed by atoms with Crippen LogP contribution >= 0.6 is 0 Å². The topological polar surface area (TPSA) is 33.0 Å². The summed E-state index contributed by atoms with van der Waals surface area (Å²) >= 11 is 0. The Labute approximate surface area is 128 Å². The molecular formula is C19H25NO. The summed E-state index contributed by atoms with van der Waals surface area (Å²) in [5, 5.41) is 8.84. The first-order valence-electron chi connectivity index (χ1n) is 8.10. The van der Waals surface area contributed by atoms with Crippen molar-refractivity contribution in [3.8, 4) is 6.07 Å². The van der Waals surface area contributed by atoms with Crippen LogP contribution in [-0.4, -0.2) is 12.7 Å². The van der Waals surface area contributed by atoms with E-state index in [1.165, 1.54) is 24.8 Å². The van der Waals surface area contributed by atoms with Crippen molar-refractivity contribution < 1.29 is 4.74 Å². The molecule has 0 spiro atoms. The Balaban J connectivity index is 1.73. The summed E-state index contributed by atoms with van der Waals surface area (Å²) in [5.74, 6) is 0.633. The minimum Gasteiger partial charge on any atom is -0.374 e. The number of rotatable bonds is 6. The first-order valence-corrected chi connectivity index (χ1v) is 8.10. The molecule has 0 radical (unpaired) electrons. The van der Waals surface area contributed by atoms with E-state index in [1.807, 2.05) is 12.1 Å². The van der Waals surface area contributed by atoms with Gasteiger partial charge in [0.1, 0.15) is 0 Å². The number of unbranched alkanes of at least 4 members (excludes halogenated alkanes) is 1. The molecule has 0 aliphatic heterocycles. The van der Waals surface area contributed by atoms with E-state index >= 15 is 0 Å². The van der Waals surface area contributed by atoms with Gasteiger partial charge >= 0.3 is 0 Å². The number of benzene rings is 1. The highest BCUT2D eigenvalue weighted by Crippen LogP contribution is 2.34. The third kappa shape index (κ3) is 5.02. The maximum absolute atomic E-state index is 8.84. The predicted octanol–water partition coefficient (Wildman–Crippen LogP) is 4.96. The smallest absolute Gasteiger partial charge is 0.0991 e. The number of allylic oxidation sites excluding steroid dienone is 1. The van der Waals surface area contributed by atoms with Gasteiger partial charge in [0.25, 0.3) is 0 Å². The standard InChI is InChI=1S/C19H25NO/c1-2-3-4-5-14-21-19-12-10-18(11-13-19)17-8-6-16(15-20)7-9-17/h4-9,18-19H,2-3,10-14H2,1H3. The quantitative estimate of drug-likeness (QED) is 0.691. The molecule has 112 valence electrons. The van der Waals surface area contributed by atoms with Gasteiger partial charge in [0.2, 0.25) is 0 Å². The van der Waals surface area contributed by atoms with Gasteiger partial charge in [-0.1, -0.05) is 37.6 Å². The summed E-state index contributed by atoms with van der Waals surface area (Å²) in [6.45, 7) is 2.95. The van der Waals surface area contributed by atoms with Crippen LogP contribution in [-0.2, 0) is 4.74 Å². The Morgan fingerprint density at radius 3 is 2.48 bits per heavy atom. The molecular weight excluding hydrogens is 258 g/mol. The molecule has 0 heterocycles. The number of nitrogens with zero attached hydrogens (tertiary/aromatic N) is 1. The molecule has 0 N–H and O–H groups in total. The number of hydrogen-bond acceptors (Lipinski definition) is 2. The zero-order valence-corrected chi connectivity index (χ0v) is 12.9. The van der Waals surface area contributed by atoms with Crippen LogP contribution in [0.1, 0.15) is 62.5 Å². The molecule has 0 saturated heterocycles. The lowest BCUT2D eigenvalue weighted by Gasteiger charge is -2.28. The average Bonchev–Trinajstić information content (AvgIpc) is 2.55. The molecule has 0 unspecified atom stereocenters. The zero-order chi connectivity index (χ0) is 14.9. The molecule has 1 fully saturated rings. The first-order chi connectivity index (χ1) is 10.3. The van der Waals surface area contributed by atoms with Crippen molar-refractivity contribution in [1.82, 2.24) is 0 Å². The van der Waals surface area contributed by atoms with Gasteiger partial charge in [-0.05, 0) is 55.7 Å². The largest absolute Gasteiger partial charge is 0.374 e. The summed E-state index contributed by atoms with van der Waals surface area (Å²) in [4.78, 5) is 0. The van der Waals surface area contributed by atoms with Gasteiger partial charge in [-0.25, -0.2) is 0 Å². The van der Waals surface area contributed by atoms with Crippen molar-refractivity contribution in [2.45, 2.75) is 57.5 Å². The van der Waals surface area contributed by atoms with Gasteiger partial charge in [0, 0.05) is 0 Å². The van der Waals surface area contributed by atoms with Crippen molar-refractivity contribution in [3.63, 3.8) is 0 Å². The summed E-state index contributed by atoms with van der Waals surface area (Å²) in [7, 11) is 0. The molecule has 1 aliphatic rings. The highest BCUT2D eigenvalue weighted by Gasteiger charge is 2.22. The molecule has 1 aliphatic carbocycles. The second kappa shape index (κ2) is 8.64. The molecule has 2 heteroatoms. The summed E-state index contributed by atoms with van der Waals surface area (Å²) in [6, 6.07) is 10.2. The van der Waals surface area contributed by atoms with E-state index < -0.39 is 0 Å². The van der Waals surface area contributed by atoms with Gasteiger partial charge in [0.15, 0.2) is 0 Å². The van der Waals surface area contributed by atoms with E-state index in [4.69, 9.17) is 10.00 Å². The minimum atomic E-state index is 0.422. The molecule has 0 bridgehead atoms. The second-order valence-electron chi connectivity index (χ2n) is 5.80. The summed E-state index contributed by atoms with van der Waals surface area (Å²) < 4.78 is 5.92. The fraction of sp³-hybridized carbons (Fsp3) is 0.526. The van der Waals surface area contributed by atoms with Crippen molar-refractivity contribution in [2.75, 3.05) is 6.61 Å². The Hall–Kier alpha value is -1.59. The van der Waals surface area contributed by atoms with Crippen LogP contribution in [0.5, 0.6) is 0 Å². The number of ether oxygens (including phenoxy) is 1. The molecule has 0 amide bonds. The average molecular weight is 283 g/mol. The fourth-order valence-electron chi connectivity index (χ4n) is 2.94. The number of nitriles is 1. The van der Waals surface area contributed by atoms with E-state index in [-0.39, 0.29) is 0 Å². The fourth-order valence-corrected chi connectivity index (χ4v) is 2.94. The highest BCUT2D eigenvalue weighted by atomic mass is 16.5. The molecule has 1 aromatic carbocycles. The van der Waals surface area contributed by atoms with Crippen molar-refractivity contribution >= 4 is 0 Å². The zero-order valence-electron chi connectivity index (χ0n) is 12.9. The Kier molecular flexibility index (Phi) is 6.50. The van der Waals surface area contributed by atoms with Gasteiger partial charge in [0.05, 0.1) is 24.3 Å². The maximum Gasteiger partial charge on any atom is 0.0991 e. The van der Waals surface area contributed by atoms with Crippen LogP contribution < -0.4 is 0 Å². The predicted molar refractivity (Wildman–Crippen MR) is 86.2 cm³/mol. The molecule has 1 aromatic rings. The normalized spacial score (nSPS) is 22.3. The van der Waals surface area contributed by atoms with Gasteiger partial charge in [-0.3, -0.25) is 0 Å². The maximum atomic E-state index is 8.84. The Morgan fingerprint density at radius 2 is 1.86 bits per heavy atom. The lowest BCUT2D eigenvalue weighted by molar-refractivity contribution is 0.0422. The minimum absolute atomic E-state index is 0.422. The highest BCUT2D eigenvalue weighted by molar-refractivity contribution is 5.33. The van der Waals surface area contributed by atoms with Crippen LogP contribution in [0, 0.1) is 11.3 Å². The van der Waals surface area contributed by atoms with Crippen LogP contribution in [0.4, 0.5) is 0 Å². The van der Waals surface area contributed by atoms with Crippen LogP contribution in [0.25, 0.3) is 0 Å². The molecule has 21 heavy (non-hydrogen) atoms. The third-order valence-corrected chi connectivity index (χ3v) is 4.24. The monoisotopic (exact) mass is 283 g/mol. The van der Waals surface area contributed by atoms with E-state index in [1.54, 1.807) is 0 Å². The van der Waals surface area contributed by atoms with Crippen molar-refractivity contribution in [3.05, 3.63) is 47.5 Å². The lowest BCUT2D eigenvalue weighted by Crippen LogP contribution is -2.20. The molecule has 1 saturated carbocycles. The summed E-state index contributed by atoms with van der Waals surface area (Å²) in [6.07, 6.45) is 11.8. The first kappa shape index (κ1) is 15.8. The van der Waals surface area contributed by atoms with E-state index in [2.05, 4.69) is 37.3 Å². The van der Waals surface area contributed by atoms with Gasteiger partial charge < -0.3 is 4.74 Å². The van der Waals surface area contributed by atoms with Crippen molar-refractivity contribution in [2.24, 2.45) is 0 Å². The Bertz CT molecular complexity index is 475. The third-order valence-electron chi connectivity index (χ3n) is 4.24. The van der Waals surface area contributed by atoms with Crippen LogP contribution in [0.15, 0.2) is 36.4 Å². The van der Waals surface area contributed by atoms with Crippen LogP contribution in [0.3, 0.4) is 0 Å². The van der Waals surface area contributed by atoms with Gasteiger partial charge in [-0.2, -0.15) is 5.26 Å². The lowest BCUT2D eigenvalue weighted by atomic mass is 9.82. The second-order valence-corrected chi connectivity index (χ2v) is 5.80. The van der Waals surface area contributed by atoms with Crippen LogP contribution in [0.2, 0.25) is 0 Å². The van der Waals surface area contributed by atoms with Gasteiger partial charge in [-0.15, -0.1) is 0 Å².